The summed E-state index contributed by atoms with van der Waals surface area (Å²) in [6.07, 6.45) is -25.8. The van der Waals surface area contributed by atoms with Gasteiger partial charge in [-0.1, -0.05) is 60.1 Å². The number of allylic oxidation sites excluding steroid dienone is 2. The summed E-state index contributed by atoms with van der Waals surface area (Å²) in [5.41, 5.74) is -1.23. The Hall–Kier alpha value is -2.08. The molecule has 4 aliphatic heterocycles. The van der Waals surface area contributed by atoms with E-state index in [1.807, 2.05) is 0 Å². The largest absolute Gasteiger partial charge is 0.479 e. The van der Waals surface area contributed by atoms with E-state index in [4.69, 9.17) is 37.9 Å². The van der Waals surface area contributed by atoms with Crippen LogP contribution in [-0.4, -0.2) is 220 Å². The summed E-state index contributed by atoms with van der Waals surface area (Å²) in [7, 11) is 0. The molecule has 4 heterocycles. The number of carboxylic acid groups (broad SMARTS) is 1. The van der Waals surface area contributed by atoms with Gasteiger partial charge in [0.15, 0.2) is 25.0 Å². The Morgan fingerprint density at radius 2 is 1.17 bits per heavy atom. The molecule has 0 aromatic carbocycles. The van der Waals surface area contributed by atoms with E-state index in [0.717, 1.165) is 32.1 Å². The van der Waals surface area contributed by atoms with Gasteiger partial charge in [-0.3, -0.25) is 4.79 Å². The fourth-order valence-electron chi connectivity index (χ4n) is 16.4. The maximum atomic E-state index is 14.8. The molecule has 0 radical (unpaired) electrons. The molecular formula is C54H86O23. The van der Waals surface area contributed by atoms with Gasteiger partial charge in [0, 0.05) is 0 Å². The van der Waals surface area contributed by atoms with Crippen LogP contribution in [0.1, 0.15) is 120 Å². The van der Waals surface area contributed by atoms with Gasteiger partial charge in [-0.2, -0.15) is 0 Å². The molecule has 4 saturated heterocycles. The minimum atomic E-state index is -2.06. The van der Waals surface area contributed by atoms with Crippen molar-refractivity contribution in [3.05, 3.63) is 11.6 Å². The molecule has 0 amide bonds. The van der Waals surface area contributed by atoms with E-state index in [0.29, 0.717) is 32.1 Å². The van der Waals surface area contributed by atoms with E-state index in [9.17, 15) is 76.0 Å². The number of aliphatic hydroxyl groups excluding tert-OH is 12. The van der Waals surface area contributed by atoms with Crippen LogP contribution in [0.2, 0.25) is 0 Å². The van der Waals surface area contributed by atoms with Crippen molar-refractivity contribution < 1.29 is 114 Å². The van der Waals surface area contributed by atoms with Gasteiger partial charge < -0.3 is 104 Å². The van der Waals surface area contributed by atoms with Crippen molar-refractivity contribution in [1.29, 1.82) is 0 Å². The lowest BCUT2D eigenvalue weighted by Crippen LogP contribution is -2.67. The first-order chi connectivity index (χ1) is 35.9. The van der Waals surface area contributed by atoms with Crippen molar-refractivity contribution in [3.8, 4) is 0 Å². The fraction of sp³-hybridized carbons (Fsp3) is 0.926. The number of carbonyl (C=O) groups excluding carboxylic acids is 1. The van der Waals surface area contributed by atoms with Crippen molar-refractivity contribution in [2.24, 2.45) is 50.2 Å². The van der Waals surface area contributed by atoms with Gasteiger partial charge in [-0.05, 0) is 116 Å². The highest BCUT2D eigenvalue weighted by Crippen LogP contribution is 2.76. The molecule has 0 aromatic rings. The SMILES string of the molecule is C[C@@H]1O[C@@H](O[C@@H]2[C@@H](O)[C@H](O[C@H]3CC[C@]4(C)[C@H]5CC=C6[C@@H]7CC(C)(C)CC[C@]7(C(=O)O[C@@H]7O[C@H](CO)[C@@H](O)[C@H](O)[C@H]7O)CC[C@@]6(C)[C@]5(C)CC[C@H]4C3(C)C)O[C@H](C(=O)O)[C@H]2O)[C@H](O[C@@H]2O[C@H](CO)[C@@H](O)[C@H](O)[C@H]2O)[C@H](O)[C@H]1O. The third-order valence-electron chi connectivity index (χ3n) is 21.4. The van der Waals surface area contributed by atoms with E-state index >= 15 is 0 Å². The lowest BCUT2D eigenvalue weighted by Gasteiger charge is -2.71. The lowest BCUT2D eigenvalue weighted by molar-refractivity contribution is -0.388. The predicted molar refractivity (Wildman–Crippen MR) is 262 cm³/mol. The van der Waals surface area contributed by atoms with Crippen molar-refractivity contribution in [2.75, 3.05) is 13.2 Å². The Labute approximate surface area is 448 Å². The minimum Gasteiger partial charge on any atom is -0.479 e. The van der Waals surface area contributed by atoms with Crippen LogP contribution in [0.4, 0.5) is 0 Å². The van der Waals surface area contributed by atoms with Gasteiger partial charge >= 0.3 is 11.9 Å². The smallest absolute Gasteiger partial charge is 0.335 e. The molecule has 23 nitrogen and oxygen atoms in total. The number of aliphatic hydroxyl groups is 12. The van der Waals surface area contributed by atoms with Gasteiger partial charge in [0.25, 0.3) is 0 Å². The van der Waals surface area contributed by atoms with Crippen LogP contribution in [0.15, 0.2) is 11.6 Å². The van der Waals surface area contributed by atoms with Crippen LogP contribution in [0.25, 0.3) is 0 Å². The van der Waals surface area contributed by atoms with E-state index in [1.54, 1.807) is 0 Å². The molecule has 23 heteroatoms. The zero-order valence-corrected chi connectivity index (χ0v) is 45.3. The second-order valence-corrected chi connectivity index (χ2v) is 26.3. The molecule has 77 heavy (non-hydrogen) atoms. The normalized spacial score (nSPS) is 53.4. The molecular weight excluding hydrogens is 1020 g/mol. The number of hydrogen-bond acceptors (Lipinski definition) is 22. The standard InChI is InChI=1S/C54H86O23/c1-22-30(57)35(62)42(76-44-36(63)33(60)31(58)25(20-55)71-44)47(70-22)74-40-38(65)41(43(67)68)75-46(39(40)66)73-29-12-13-51(6)27(50(29,4)5)11-14-53(8)28(51)10-9-23-24-19-49(2,3)15-17-54(24,18-16-52(23,53)7)48(69)77-45-37(64)34(61)32(59)26(21-56)72-45/h9,22,24-42,44-47,55-66H,10-21H2,1-8H3,(H,67,68)/t22-,24-,25+,26+,27-,28+,29-,30-,31+,32+,33-,34-,35+,36+,37+,38-,39+,40-,41-,42+,44-,45-,46+,47-,51-,52+,53+,54-/m0/s1. The first-order valence-electron chi connectivity index (χ1n) is 27.7. The summed E-state index contributed by atoms with van der Waals surface area (Å²) >= 11 is 0. The third-order valence-corrected chi connectivity index (χ3v) is 21.4. The summed E-state index contributed by atoms with van der Waals surface area (Å²) in [5.74, 6) is -2.09. The summed E-state index contributed by atoms with van der Waals surface area (Å²) in [4.78, 5) is 27.5. The Morgan fingerprint density at radius 1 is 0.584 bits per heavy atom. The van der Waals surface area contributed by atoms with Gasteiger partial charge in [-0.25, -0.2) is 4.79 Å². The second kappa shape index (κ2) is 21.3. The highest BCUT2D eigenvalue weighted by atomic mass is 16.8. The van der Waals surface area contributed by atoms with Crippen LogP contribution in [-0.2, 0) is 47.5 Å². The number of carbonyl (C=O) groups is 2. The van der Waals surface area contributed by atoms with E-state index < -0.39 is 165 Å². The van der Waals surface area contributed by atoms with E-state index in [1.165, 1.54) is 12.5 Å². The number of ether oxygens (including phenoxy) is 8. The number of carboxylic acids is 1. The average molecular weight is 1100 g/mol. The monoisotopic (exact) mass is 1100 g/mol. The summed E-state index contributed by atoms with van der Waals surface area (Å²) < 4.78 is 47.5. The molecule has 8 fully saturated rings. The third kappa shape index (κ3) is 9.66. The Morgan fingerprint density at radius 3 is 1.79 bits per heavy atom. The highest BCUT2D eigenvalue weighted by Gasteiger charge is 2.70. The quantitative estimate of drug-likeness (QED) is 0.0676. The average Bonchev–Trinajstić information content (AvgIpc) is 3.45. The predicted octanol–water partition coefficient (Wildman–Crippen LogP) is -0.915. The first-order valence-corrected chi connectivity index (χ1v) is 27.7. The lowest BCUT2D eigenvalue weighted by atomic mass is 9.33. The summed E-state index contributed by atoms with van der Waals surface area (Å²) in [6.45, 7) is 15.7. The maximum absolute atomic E-state index is 14.8. The van der Waals surface area contributed by atoms with Crippen molar-refractivity contribution in [3.63, 3.8) is 0 Å². The first kappa shape index (κ1) is 59.5. The van der Waals surface area contributed by atoms with Crippen molar-refractivity contribution in [1.82, 2.24) is 0 Å². The number of aliphatic carboxylic acids is 1. The molecule has 0 unspecified atom stereocenters. The molecule has 4 saturated carbocycles. The minimum absolute atomic E-state index is 0.0502. The van der Waals surface area contributed by atoms with Gasteiger partial charge in [-0.15, -0.1) is 0 Å². The molecule has 440 valence electrons. The van der Waals surface area contributed by atoms with E-state index in [2.05, 4.69) is 54.5 Å². The molecule has 13 N–H and O–H groups in total. The van der Waals surface area contributed by atoms with Crippen LogP contribution in [0.5, 0.6) is 0 Å². The number of fused-ring (bicyclic) bond motifs is 7. The highest BCUT2D eigenvalue weighted by molar-refractivity contribution is 5.79. The molecule has 9 aliphatic rings. The number of hydrogen-bond donors (Lipinski definition) is 13. The van der Waals surface area contributed by atoms with Crippen LogP contribution in [0.3, 0.4) is 0 Å². The van der Waals surface area contributed by atoms with Gasteiger partial charge in [0.1, 0.15) is 85.5 Å². The molecule has 0 spiro atoms. The summed E-state index contributed by atoms with van der Waals surface area (Å²) in [6, 6.07) is 0. The van der Waals surface area contributed by atoms with Gasteiger partial charge in [0.05, 0.1) is 30.8 Å². The molecule has 5 aliphatic carbocycles. The topological polar surface area (TPSA) is 371 Å². The van der Waals surface area contributed by atoms with Crippen LogP contribution >= 0.6 is 0 Å². The van der Waals surface area contributed by atoms with Crippen molar-refractivity contribution in [2.45, 2.75) is 249 Å². The van der Waals surface area contributed by atoms with Crippen molar-refractivity contribution >= 4 is 11.9 Å². The summed E-state index contributed by atoms with van der Waals surface area (Å²) in [5, 5.41) is 139. The number of esters is 1. The molecule has 0 aromatic heterocycles. The Kier molecular flexibility index (Phi) is 16.5. The molecule has 0 bridgehead atoms. The molecule has 28 atom stereocenters. The zero-order valence-electron chi connectivity index (χ0n) is 45.3. The Bertz CT molecular complexity index is 2180. The maximum Gasteiger partial charge on any atom is 0.335 e. The molecule has 9 rings (SSSR count). The van der Waals surface area contributed by atoms with Crippen LogP contribution in [0, 0.1) is 50.2 Å². The Balaban J connectivity index is 0.940. The van der Waals surface area contributed by atoms with Gasteiger partial charge in [0.2, 0.25) is 6.29 Å². The van der Waals surface area contributed by atoms with Crippen LogP contribution < -0.4 is 0 Å². The van der Waals surface area contributed by atoms with E-state index in [-0.39, 0.29) is 39.4 Å². The zero-order chi connectivity index (χ0) is 56.4. The second-order valence-electron chi connectivity index (χ2n) is 26.3. The fourth-order valence-corrected chi connectivity index (χ4v) is 16.4. The number of rotatable bonds is 11.